The molecule has 6 heteroatoms. The molecule has 1 saturated heterocycles. The molecule has 0 aromatic heterocycles. The zero-order valence-corrected chi connectivity index (χ0v) is 14.8. The van der Waals surface area contributed by atoms with Crippen LogP contribution in [0.15, 0.2) is 42.5 Å². The number of hydrogen-bond acceptors (Lipinski definition) is 3. The van der Waals surface area contributed by atoms with Crippen molar-refractivity contribution in [3.05, 3.63) is 59.2 Å². The van der Waals surface area contributed by atoms with Gasteiger partial charge in [0.15, 0.2) is 0 Å². The number of carbonyl (C=O) groups is 2. The van der Waals surface area contributed by atoms with Gasteiger partial charge in [0.05, 0.1) is 0 Å². The van der Waals surface area contributed by atoms with Crippen molar-refractivity contribution >= 4 is 23.3 Å². The smallest absolute Gasteiger partial charge is 0.324 e. The first-order chi connectivity index (χ1) is 12.5. The lowest BCUT2D eigenvalue weighted by atomic mass is 10.1. The number of nitrogens with zero attached hydrogens (tertiary/aromatic N) is 3. The molecule has 0 radical (unpaired) electrons. The lowest BCUT2D eigenvalue weighted by Gasteiger charge is -2.33. The number of anilines is 2. The molecule has 2 aliphatic rings. The Kier molecular flexibility index (Phi) is 4.03. The van der Waals surface area contributed by atoms with Crippen molar-refractivity contribution in [2.24, 2.45) is 0 Å². The van der Waals surface area contributed by atoms with Crippen LogP contribution in [-0.2, 0) is 13.1 Å². The number of fused-ring (bicyclic) bond motifs is 1. The second-order valence-electron chi connectivity index (χ2n) is 6.91. The first-order valence-electron chi connectivity index (χ1n) is 8.83. The maximum Gasteiger partial charge on any atom is 0.324 e. The van der Waals surface area contributed by atoms with Crippen LogP contribution in [0.4, 0.5) is 16.2 Å². The van der Waals surface area contributed by atoms with Gasteiger partial charge in [0.2, 0.25) is 0 Å². The van der Waals surface area contributed by atoms with Gasteiger partial charge >= 0.3 is 6.03 Å². The van der Waals surface area contributed by atoms with Gasteiger partial charge in [0.1, 0.15) is 0 Å². The molecule has 134 valence electrons. The topological polar surface area (TPSA) is 69.9 Å². The van der Waals surface area contributed by atoms with Crippen LogP contribution in [0.25, 0.3) is 0 Å². The van der Waals surface area contributed by atoms with E-state index in [2.05, 4.69) is 0 Å². The second kappa shape index (κ2) is 6.37. The van der Waals surface area contributed by atoms with Crippen LogP contribution in [0.1, 0.15) is 27.9 Å². The summed E-state index contributed by atoms with van der Waals surface area (Å²) in [5.74, 6) is 0.00600. The molecular formula is C20H22N4O2. The molecule has 2 N–H and O–H groups in total. The van der Waals surface area contributed by atoms with Crippen molar-refractivity contribution in [2.75, 3.05) is 30.8 Å². The molecule has 1 fully saturated rings. The second-order valence-corrected chi connectivity index (χ2v) is 6.91. The van der Waals surface area contributed by atoms with Crippen LogP contribution in [0.2, 0.25) is 0 Å². The predicted octanol–water partition coefficient (Wildman–Crippen LogP) is 2.69. The molecule has 0 spiro atoms. The number of nitrogen functional groups attached to an aromatic ring is 1. The fourth-order valence-corrected chi connectivity index (χ4v) is 3.69. The molecule has 0 saturated carbocycles. The first kappa shape index (κ1) is 16.4. The van der Waals surface area contributed by atoms with Crippen molar-refractivity contribution < 1.29 is 9.59 Å². The molecule has 0 aliphatic carbocycles. The largest absolute Gasteiger partial charge is 0.398 e. The minimum absolute atomic E-state index is 0.00600. The first-order valence-corrected chi connectivity index (χ1v) is 8.83. The summed E-state index contributed by atoms with van der Waals surface area (Å²) >= 11 is 0. The molecule has 2 heterocycles. The zero-order chi connectivity index (χ0) is 18.3. The summed E-state index contributed by atoms with van der Waals surface area (Å²) in [4.78, 5) is 30.4. The Balaban J connectivity index is 1.54. The molecule has 6 nitrogen and oxygen atoms in total. The van der Waals surface area contributed by atoms with E-state index in [-0.39, 0.29) is 11.9 Å². The van der Waals surface area contributed by atoms with E-state index in [1.54, 1.807) is 14.7 Å². The van der Waals surface area contributed by atoms with Gasteiger partial charge in [-0.2, -0.15) is 0 Å². The van der Waals surface area contributed by atoms with Crippen molar-refractivity contribution in [1.82, 2.24) is 9.80 Å². The monoisotopic (exact) mass is 350 g/mol. The van der Waals surface area contributed by atoms with Gasteiger partial charge in [0, 0.05) is 55.7 Å². The summed E-state index contributed by atoms with van der Waals surface area (Å²) in [6.45, 7) is 2.53. The Labute approximate surface area is 152 Å². The minimum Gasteiger partial charge on any atom is -0.398 e. The number of hydrogen-bond donors (Lipinski definition) is 1. The molecule has 26 heavy (non-hydrogen) atoms. The molecule has 0 atom stereocenters. The summed E-state index contributed by atoms with van der Waals surface area (Å²) < 4.78 is 0. The van der Waals surface area contributed by atoms with Gasteiger partial charge in [0.25, 0.3) is 5.91 Å². The van der Waals surface area contributed by atoms with Crippen LogP contribution >= 0.6 is 0 Å². The Hall–Kier alpha value is -3.02. The SMILES string of the molecule is CN1CCCN(c2cccc(CN3Cc4c(N)cccc4C3=O)c2)C1=O. The third kappa shape index (κ3) is 2.77. The average Bonchev–Trinajstić information content (AvgIpc) is 2.95. The lowest BCUT2D eigenvalue weighted by molar-refractivity contribution is 0.0767. The number of benzene rings is 2. The molecular weight excluding hydrogens is 328 g/mol. The van der Waals surface area contributed by atoms with Gasteiger partial charge in [-0.3, -0.25) is 9.69 Å². The van der Waals surface area contributed by atoms with E-state index in [1.165, 1.54) is 0 Å². The quantitative estimate of drug-likeness (QED) is 0.865. The van der Waals surface area contributed by atoms with Crippen LogP contribution in [0, 0.1) is 0 Å². The Bertz CT molecular complexity index is 880. The fourth-order valence-electron chi connectivity index (χ4n) is 3.69. The summed E-state index contributed by atoms with van der Waals surface area (Å²) in [7, 11) is 1.82. The van der Waals surface area contributed by atoms with Crippen LogP contribution < -0.4 is 10.6 Å². The molecule has 2 aromatic rings. The number of urea groups is 1. The summed E-state index contributed by atoms with van der Waals surface area (Å²) in [6, 6.07) is 13.4. The number of carbonyl (C=O) groups excluding carboxylic acids is 2. The summed E-state index contributed by atoms with van der Waals surface area (Å²) in [5.41, 5.74) is 10.1. The van der Waals surface area contributed by atoms with Gasteiger partial charge in [-0.25, -0.2) is 4.79 Å². The minimum atomic E-state index is 0.00600. The predicted molar refractivity (Wildman–Crippen MR) is 101 cm³/mol. The van der Waals surface area contributed by atoms with Crippen molar-refractivity contribution in [3.63, 3.8) is 0 Å². The van der Waals surface area contributed by atoms with Crippen molar-refractivity contribution in [2.45, 2.75) is 19.5 Å². The normalized spacial score (nSPS) is 17.0. The van der Waals surface area contributed by atoms with Crippen LogP contribution in [0.3, 0.4) is 0 Å². The zero-order valence-electron chi connectivity index (χ0n) is 14.8. The summed E-state index contributed by atoms with van der Waals surface area (Å²) in [6.07, 6.45) is 0.950. The third-order valence-electron chi connectivity index (χ3n) is 5.11. The highest BCUT2D eigenvalue weighted by molar-refractivity contribution is 6.00. The lowest BCUT2D eigenvalue weighted by Crippen LogP contribution is -2.47. The maximum atomic E-state index is 12.6. The molecule has 2 aliphatic heterocycles. The van der Waals surface area contributed by atoms with E-state index >= 15 is 0 Å². The molecule has 4 rings (SSSR count). The van der Waals surface area contributed by atoms with E-state index in [4.69, 9.17) is 5.73 Å². The number of rotatable bonds is 3. The molecule has 0 bridgehead atoms. The van der Waals surface area contributed by atoms with Crippen LogP contribution in [-0.4, -0.2) is 41.9 Å². The van der Waals surface area contributed by atoms with Gasteiger partial charge in [-0.1, -0.05) is 18.2 Å². The van der Waals surface area contributed by atoms with E-state index in [1.807, 2.05) is 49.5 Å². The molecule has 2 aromatic carbocycles. The van der Waals surface area contributed by atoms with E-state index < -0.39 is 0 Å². The maximum absolute atomic E-state index is 12.6. The highest BCUT2D eigenvalue weighted by Crippen LogP contribution is 2.29. The average molecular weight is 350 g/mol. The van der Waals surface area contributed by atoms with Gasteiger partial charge in [-0.05, 0) is 36.2 Å². The van der Waals surface area contributed by atoms with Gasteiger partial charge in [-0.15, -0.1) is 0 Å². The van der Waals surface area contributed by atoms with Crippen molar-refractivity contribution in [1.29, 1.82) is 0 Å². The van der Waals surface area contributed by atoms with Crippen molar-refractivity contribution in [3.8, 4) is 0 Å². The third-order valence-corrected chi connectivity index (χ3v) is 5.11. The highest BCUT2D eigenvalue weighted by Gasteiger charge is 2.29. The fraction of sp³-hybridized carbons (Fsp3) is 0.300. The van der Waals surface area contributed by atoms with Gasteiger partial charge < -0.3 is 15.5 Å². The molecule has 3 amide bonds. The Morgan fingerprint density at radius 3 is 2.69 bits per heavy atom. The standard InChI is InChI=1S/C20H22N4O2/c1-22-9-4-10-24(20(22)26)15-6-2-5-14(11-15)12-23-13-17-16(19(23)25)7-3-8-18(17)21/h2-3,5-8,11H,4,9-10,12-13,21H2,1H3. The van der Waals surface area contributed by atoms with E-state index in [0.29, 0.717) is 24.3 Å². The summed E-state index contributed by atoms with van der Waals surface area (Å²) in [5, 5.41) is 0. The number of amides is 3. The Morgan fingerprint density at radius 1 is 1.08 bits per heavy atom. The van der Waals surface area contributed by atoms with E-state index in [9.17, 15) is 9.59 Å². The van der Waals surface area contributed by atoms with Crippen LogP contribution in [0.5, 0.6) is 0 Å². The number of nitrogens with two attached hydrogens (primary N) is 1. The van der Waals surface area contributed by atoms with E-state index in [0.717, 1.165) is 36.3 Å². The Morgan fingerprint density at radius 2 is 1.88 bits per heavy atom. The molecule has 0 unspecified atom stereocenters. The highest BCUT2D eigenvalue weighted by atomic mass is 16.2.